The molecule has 6 nitrogen and oxygen atoms in total. The normalized spacial score (nSPS) is 11.9. The largest absolute Gasteiger partial charge is 0.350 e. The van der Waals surface area contributed by atoms with Gasteiger partial charge in [-0.25, -0.2) is 0 Å². The van der Waals surface area contributed by atoms with Crippen LogP contribution in [0.5, 0.6) is 0 Å². The number of rotatable bonds is 5. The number of nitrogens with zero attached hydrogens (tertiary/aromatic N) is 1. The van der Waals surface area contributed by atoms with E-state index in [0.717, 1.165) is 10.0 Å². The lowest BCUT2D eigenvalue weighted by atomic mass is 10.1. The van der Waals surface area contributed by atoms with Gasteiger partial charge >= 0.3 is 0 Å². The van der Waals surface area contributed by atoms with Crippen LogP contribution in [-0.4, -0.2) is 21.1 Å². The number of amides is 1. The van der Waals surface area contributed by atoms with Crippen molar-refractivity contribution in [3.63, 3.8) is 0 Å². The van der Waals surface area contributed by atoms with Gasteiger partial charge in [0.15, 0.2) is 4.77 Å². The maximum atomic E-state index is 12.0. The van der Waals surface area contributed by atoms with Crippen LogP contribution in [0.3, 0.4) is 0 Å². The van der Waals surface area contributed by atoms with Gasteiger partial charge in [-0.2, -0.15) is 5.10 Å². The predicted octanol–water partition coefficient (Wildman–Crippen LogP) is 2.40. The van der Waals surface area contributed by atoms with Gasteiger partial charge in [0.2, 0.25) is 5.91 Å². The van der Waals surface area contributed by atoms with Crippen LogP contribution in [0, 0.1) is 4.77 Å². The Hall–Kier alpha value is -1.80. The molecule has 22 heavy (non-hydrogen) atoms. The molecule has 0 spiro atoms. The fourth-order valence-corrected chi connectivity index (χ4v) is 2.76. The second kappa shape index (κ2) is 7.46. The Morgan fingerprint density at radius 2 is 2.18 bits per heavy atom. The molecule has 0 radical (unpaired) electrons. The molecule has 2 rings (SSSR count). The number of H-pyrrole nitrogens is 2. The third-order valence-electron chi connectivity index (χ3n) is 3.12. The molecule has 0 aliphatic rings. The highest BCUT2D eigenvalue weighted by atomic mass is 79.9. The topological polar surface area (TPSA) is 90.6 Å². The second-order valence-electron chi connectivity index (χ2n) is 4.76. The van der Waals surface area contributed by atoms with Crippen molar-refractivity contribution in [2.45, 2.75) is 25.8 Å². The Morgan fingerprint density at radius 3 is 2.86 bits per heavy atom. The summed E-state index contributed by atoms with van der Waals surface area (Å²) in [5, 5.41) is 9.25. The maximum absolute atomic E-state index is 12.0. The standard InChI is InChI=1S/C14H15BrN4O2S/c1-8(9-4-2-3-5-10(9)15)16-12(20)7-6-11-13(21)17-14(22)19-18-11/h2-5,8H,6-7H2,1H3,(H,16,20)(H2,17,19,21,22)/t8-/m1/s1. The van der Waals surface area contributed by atoms with Crippen LogP contribution < -0.4 is 10.9 Å². The molecule has 0 aliphatic heterocycles. The number of aryl methyl sites for hydroxylation is 1. The molecule has 0 fully saturated rings. The molecular formula is C14H15BrN4O2S. The van der Waals surface area contributed by atoms with Crippen molar-refractivity contribution >= 4 is 34.1 Å². The Morgan fingerprint density at radius 1 is 1.45 bits per heavy atom. The maximum Gasteiger partial charge on any atom is 0.273 e. The molecule has 116 valence electrons. The van der Waals surface area contributed by atoms with Gasteiger partial charge in [0.05, 0.1) is 6.04 Å². The predicted molar refractivity (Wildman–Crippen MR) is 89.1 cm³/mol. The summed E-state index contributed by atoms with van der Waals surface area (Å²) < 4.78 is 1.11. The van der Waals surface area contributed by atoms with Crippen molar-refractivity contribution in [3.05, 3.63) is 55.1 Å². The summed E-state index contributed by atoms with van der Waals surface area (Å²) in [4.78, 5) is 26.0. The van der Waals surface area contributed by atoms with E-state index >= 15 is 0 Å². The molecular weight excluding hydrogens is 368 g/mol. The number of aromatic nitrogens is 3. The Bertz CT molecular complexity index is 787. The van der Waals surface area contributed by atoms with Crippen molar-refractivity contribution < 1.29 is 4.79 Å². The third-order valence-corrected chi connectivity index (χ3v) is 4.04. The SMILES string of the molecule is C[C@@H](NC(=O)CCc1n[nH]c(=S)[nH]c1=O)c1ccccc1Br. The third kappa shape index (κ3) is 4.35. The Labute approximate surface area is 140 Å². The molecule has 0 saturated heterocycles. The summed E-state index contributed by atoms with van der Waals surface area (Å²) in [6, 6.07) is 7.57. The van der Waals surface area contributed by atoms with Crippen LogP contribution in [0.4, 0.5) is 0 Å². The smallest absolute Gasteiger partial charge is 0.273 e. The van der Waals surface area contributed by atoms with Gasteiger partial charge in [0.25, 0.3) is 5.56 Å². The average Bonchev–Trinajstić information content (AvgIpc) is 2.46. The summed E-state index contributed by atoms with van der Waals surface area (Å²) in [5.74, 6) is -0.146. The highest BCUT2D eigenvalue weighted by Crippen LogP contribution is 2.22. The van der Waals surface area contributed by atoms with E-state index in [-0.39, 0.29) is 40.8 Å². The molecule has 1 atom stereocenters. The first kappa shape index (κ1) is 16.6. The van der Waals surface area contributed by atoms with Crippen LogP contribution >= 0.6 is 28.1 Å². The van der Waals surface area contributed by atoms with Crippen LogP contribution in [0.2, 0.25) is 0 Å². The van der Waals surface area contributed by atoms with Crippen LogP contribution in [-0.2, 0) is 11.2 Å². The lowest BCUT2D eigenvalue weighted by Crippen LogP contribution is -2.28. The number of nitrogens with one attached hydrogen (secondary N) is 3. The van der Waals surface area contributed by atoms with E-state index in [4.69, 9.17) is 12.2 Å². The van der Waals surface area contributed by atoms with E-state index in [2.05, 4.69) is 36.4 Å². The molecule has 1 heterocycles. The van der Waals surface area contributed by atoms with Gasteiger partial charge in [-0.15, -0.1) is 0 Å². The number of benzene rings is 1. The molecule has 2 aromatic rings. The first-order valence-corrected chi connectivity index (χ1v) is 7.89. The zero-order valence-electron chi connectivity index (χ0n) is 11.9. The van der Waals surface area contributed by atoms with Gasteiger partial charge in [-0.3, -0.25) is 19.7 Å². The molecule has 1 aromatic carbocycles. The van der Waals surface area contributed by atoms with Crippen LogP contribution in [0.25, 0.3) is 0 Å². The minimum absolute atomic E-state index is 0.129. The highest BCUT2D eigenvalue weighted by Gasteiger charge is 2.13. The summed E-state index contributed by atoms with van der Waals surface area (Å²) in [6.07, 6.45) is 0.422. The fraction of sp³-hybridized carbons (Fsp3) is 0.286. The van der Waals surface area contributed by atoms with E-state index in [1.165, 1.54) is 0 Å². The minimum Gasteiger partial charge on any atom is -0.350 e. The van der Waals surface area contributed by atoms with Gasteiger partial charge in [0, 0.05) is 17.3 Å². The highest BCUT2D eigenvalue weighted by molar-refractivity contribution is 9.10. The molecule has 3 N–H and O–H groups in total. The van der Waals surface area contributed by atoms with Crippen LogP contribution in [0.15, 0.2) is 33.5 Å². The van der Waals surface area contributed by atoms with E-state index in [9.17, 15) is 9.59 Å². The van der Waals surface area contributed by atoms with Crippen molar-refractivity contribution in [1.82, 2.24) is 20.5 Å². The van der Waals surface area contributed by atoms with E-state index in [0.29, 0.717) is 0 Å². The zero-order chi connectivity index (χ0) is 16.1. The summed E-state index contributed by atoms with van der Waals surface area (Å²) in [7, 11) is 0. The van der Waals surface area contributed by atoms with Gasteiger partial charge < -0.3 is 5.32 Å². The Balaban J connectivity index is 1.94. The molecule has 0 unspecified atom stereocenters. The molecule has 8 heteroatoms. The van der Waals surface area contributed by atoms with Crippen molar-refractivity contribution in [1.29, 1.82) is 0 Å². The minimum atomic E-state index is -0.365. The lowest BCUT2D eigenvalue weighted by molar-refractivity contribution is -0.121. The molecule has 0 aliphatic carbocycles. The number of carbonyl (C=O) groups excluding carboxylic acids is 1. The summed E-state index contributed by atoms with van der Waals surface area (Å²) >= 11 is 8.22. The quantitative estimate of drug-likeness (QED) is 0.692. The summed E-state index contributed by atoms with van der Waals surface area (Å²) in [5.41, 5.74) is 0.892. The molecule has 1 aromatic heterocycles. The number of hydrogen-bond donors (Lipinski definition) is 3. The number of carbonyl (C=O) groups is 1. The fourth-order valence-electron chi connectivity index (χ4n) is 1.99. The monoisotopic (exact) mass is 382 g/mol. The first-order valence-electron chi connectivity index (χ1n) is 6.69. The lowest BCUT2D eigenvalue weighted by Gasteiger charge is -2.15. The molecule has 0 saturated carbocycles. The van der Waals surface area contributed by atoms with Gasteiger partial charge in [0.1, 0.15) is 5.69 Å². The first-order chi connectivity index (χ1) is 10.5. The summed E-state index contributed by atoms with van der Waals surface area (Å²) in [6.45, 7) is 1.91. The van der Waals surface area contributed by atoms with Gasteiger partial charge in [-0.05, 0) is 30.8 Å². The Kier molecular flexibility index (Phi) is 5.62. The average molecular weight is 383 g/mol. The van der Waals surface area contributed by atoms with Gasteiger partial charge in [-0.1, -0.05) is 34.1 Å². The zero-order valence-corrected chi connectivity index (χ0v) is 14.3. The van der Waals surface area contributed by atoms with E-state index in [1.807, 2.05) is 31.2 Å². The van der Waals surface area contributed by atoms with Crippen molar-refractivity contribution in [3.8, 4) is 0 Å². The van der Waals surface area contributed by atoms with Crippen LogP contribution in [0.1, 0.15) is 30.6 Å². The molecule has 1 amide bonds. The van der Waals surface area contributed by atoms with Crippen molar-refractivity contribution in [2.75, 3.05) is 0 Å². The number of aromatic amines is 2. The second-order valence-corrected chi connectivity index (χ2v) is 6.03. The molecule has 0 bridgehead atoms. The van der Waals surface area contributed by atoms with E-state index < -0.39 is 0 Å². The van der Waals surface area contributed by atoms with Crippen molar-refractivity contribution in [2.24, 2.45) is 0 Å². The number of hydrogen-bond acceptors (Lipinski definition) is 4. The van der Waals surface area contributed by atoms with E-state index in [1.54, 1.807) is 0 Å². The number of halogens is 1.